The van der Waals surface area contributed by atoms with Gasteiger partial charge < -0.3 is 5.73 Å². The van der Waals surface area contributed by atoms with Crippen LogP contribution in [0.2, 0.25) is 0 Å². The fourth-order valence-corrected chi connectivity index (χ4v) is 1.15. The Balaban J connectivity index is 2.86. The molecule has 0 atom stereocenters. The standard InChI is InChI=1S/C9H7FN2/c10-8-3-1-2-6-4-9(11)12-5-7(6)8/h1-5H,(H2,11,12). The van der Waals surface area contributed by atoms with Crippen molar-refractivity contribution in [1.29, 1.82) is 0 Å². The van der Waals surface area contributed by atoms with Crippen LogP contribution in [0.3, 0.4) is 0 Å². The Morgan fingerprint density at radius 2 is 2.17 bits per heavy atom. The fraction of sp³-hybridized carbons (Fsp3) is 0. The van der Waals surface area contributed by atoms with E-state index in [9.17, 15) is 4.39 Å². The lowest BCUT2D eigenvalue weighted by Gasteiger charge is -1.98. The molecule has 2 N–H and O–H groups in total. The van der Waals surface area contributed by atoms with Gasteiger partial charge in [0.05, 0.1) is 0 Å². The van der Waals surface area contributed by atoms with E-state index in [4.69, 9.17) is 5.73 Å². The van der Waals surface area contributed by atoms with Crippen molar-refractivity contribution in [2.45, 2.75) is 0 Å². The largest absolute Gasteiger partial charge is 0.384 e. The molecule has 1 aromatic heterocycles. The highest BCUT2D eigenvalue weighted by molar-refractivity contribution is 5.83. The summed E-state index contributed by atoms with van der Waals surface area (Å²) in [6.45, 7) is 0. The topological polar surface area (TPSA) is 38.9 Å². The summed E-state index contributed by atoms with van der Waals surface area (Å²) in [5, 5.41) is 1.29. The number of fused-ring (bicyclic) bond motifs is 1. The minimum atomic E-state index is -0.264. The third-order valence-corrected chi connectivity index (χ3v) is 1.73. The Kier molecular flexibility index (Phi) is 1.43. The number of nitrogens with zero attached hydrogens (tertiary/aromatic N) is 1. The molecule has 3 heteroatoms. The summed E-state index contributed by atoms with van der Waals surface area (Å²) in [6.07, 6.45) is 1.44. The molecule has 0 amide bonds. The van der Waals surface area contributed by atoms with Crippen LogP contribution in [0.4, 0.5) is 10.2 Å². The lowest BCUT2D eigenvalue weighted by Crippen LogP contribution is -1.89. The van der Waals surface area contributed by atoms with Crippen molar-refractivity contribution in [3.05, 3.63) is 36.3 Å². The quantitative estimate of drug-likeness (QED) is 0.643. The first kappa shape index (κ1) is 7.03. The van der Waals surface area contributed by atoms with Gasteiger partial charge in [-0.3, -0.25) is 0 Å². The summed E-state index contributed by atoms with van der Waals surface area (Å²) in [6, 6.07) is 6.51. The van der Waals surface area contributed by atoms with E-state index in [2.05, 4.69) is 4.98 Å². The predicted molar refractivity (Wildman–Crippen MR) is 46.1 cm³/mol. The molecular weight excluding hydrogens is 155 g/mol. The highest BCUT2D eigenvalue weighted by atomic mass is 19.1. The van der Waals surface area contributed by atoms with Crippen molar-refractivity contribution in [2.24, 2.45) is 0 Å². The molecule has 1 aromatic carbocycles. The predicted octanol–water partition coefficient (Wildman–Crippen LogP) is 1.96. The van der Waals surface area contributed by atoms with Crippen LogP contribution in [0.15, 0.2) is 30.5 Å². The maximum Gasteiger partial charge on any atom is 0.132 e. The van der Waals surface area contributed by atoms with Crippen LogP contribution in [-0.2, 0) is 0 Å². The van der Waals surface area contributed by atoms with Crippen molar-refractivity contribution >= 4 is 16.6 Å². The molecule has 12 heavy (non-hydrogen) atoms. The molecule has 0 radical (unpaired) electrons. The second-order valence-corrected chi connectivity index (χ2v) is 2.57. The second kappa shape index (κ2) is 2.44. The van der Waals surface area contributed by atoms with Gasteiger partial charge in [-0.2, -0.15) is 0 Å². The number of hydrogen-bond donors (Lipinski definition) is 1. The number of anilines is 1. The van der Waals surface area contributed by atoms with E-state index < -0.39 is 0 Å². The average Bonchev–Trinajstić information content (AvgIpc) is 2.04. The van der Waals surface area contributed by atoms with Crippen LogP contribution < -0.4 is 5.73 Å². The highest BCUT2D eigenvalue weighted by Gasteiger charge is 1.99. The van der Waals surface area contributed by atoms with E-state index in [-0.39, 0.29) is 5.82 Å². The van der Waals surface area contributed by atoms with Crippen molar-refractivity contribution in [3.63, 3.8) is 0 Å². The van der Waals surface area contributed by atoms with Crippen molar-refractivity contribution in [3.8, 4) is 0 Å². The van der Waals surface area contributed by atoms with Gasteiger partial charge in [-0.25, -0.2) is 9.37 Å². The van der Waals surface area contributed by atoms with Gasteiger partial charge in [0.15, 0.2) is 0 Å². The summed E-state index contributed by atoms with van der Waals surface area (Å²) < 4.78 is 13.0. The lowest BCUT2D eigenvalue weighted by atomic mass is 10.2. The Morgan fingerprint density at radius 3 is 3.00 bits per heavy atom. The monoisotopic (exact) mass is 162 g/mol. The number of aromatic nitrogens is 1. The summed E-state index contributed by atoms with van der Waals surface area (Å²) in [4.78, 5) is 3.81. The van der Waals surface area contributed by atoms with Crippen molar-refractivity contribution < 1.29 is 4.39 Å². The third kappa shape index (κ3) is 0.993. The molecule has 2 nitrogen and oxygen atoms in total. The SMILES string of the molecule is Nc1cc2cccc(F)c2cn1. The number of rotatable bonds is 0. The van der Waals surface area contributed by atoms with E-state index in [1.807, 2.05) is 0 Å². The van der Waals surface area contributed by atoms with Crippen LogP contribution in [0, 0.1) is 5.82 Å². The molecule has 2 aromatic rings. The van der Waals surface area contributed by atoms with Gasteiger partial charge in [0.1, 0.15) is 11.6 Å². The van der Waals surface area contributed by atoms with Crippen LogP contribution in [0.25, 0.3) is 10.8 Å². The molecule has 0 saturated carbocycles. The maximum atomic E-state index is 13.0. The molecule has 0 fully saturated rings. The first-order chi connectivity index (χ1) is 5.77. The zero-order valence-electron chi connectivity index (χ0n) is 6.29. The zero-order valence-corrected chi connectivity index (χ0v) is 6.29. The van der Waals surface area contributed by atoms with Crippen LogP contribution >= 0.6 is 0 Å². The Labute approximate surface area is 68.8 Å². The number of halogens is 1. The number of nitrogens with two attached hydrogens (primary N) is 1. The minimum Gasteiger partial charge on any atom is -0.384 e. The minimum absolute atomic E-state index is 0.264. The Morgan fingerprint density at radius 1 is 1.33 bits per heavy atom. The Bertz CT molecular complexity index is 426. The molecule has 0 saturated heterocycles. The molecule has 0 aliphatic heterocycles. The van der Waals surface area contributed by atoms with Crippen LogP contribution in [-0.4, -0.2) is 4.98 Å². The third-order valence-electron chi connectivity index (χ3n) is 1.73. The van der Waals surface area contributed by atoms with Gasteiger partial charge in [0, 0.05) is 11.6 Å². The molecule has 0 bridgehead atoms. The van der Waals surface area contributed by atoms with E-state index >= 15 is 0 Å². The second-order valence-electron chi connectivity index (χ2n) is 2.57. The zero-order chi connectivity index (χ0) is 8.55. The fourth-order valence-electron chi connectivity index (χ4n) is 1.15. The van der Waals surface area contributed by atoms with Gasteiger partial charge in [0.2, 0.25) is 0 Å². The van der Waals surface area contributed by atoms with Gasteiger partial charge in [-0.15, -0.1) is 0 Å². The smallest absolute Gasteiger partial charge is 0.132 e. The maximum absolute atomic E-state index is 13.0. The molecule has 60 valence electrons. The van der Waals surface area contributed by atoms with Crippen LogP contribution in [0.5, 0.6) is 0 Å². The molecule has 0 unspecified atom stereocenters. The highest BCUT2D eigenvalue weighted by Crippen LogP contribution is 2.17. The van der Waals surface area contributed by atoms with E-state index in [0.29, 0.717) is 11.2 Å². The van der Waals surface area contributed by atoms with E-state index in [0.717, 1.165) is 5.39 Å². The number of hydrogen-bond acceptors (Lipinski definition) is 2. The van der Waals surface area contributed by atoms with Crippen molar-refractivity contribution in [1.82, 2.24) is 4.98 Å². The van der Waals surface area contributed by atoms with Gasteiger partial charge in [-0.05, 0) is 17.5 Å². The van der Waals surface area contributed by atoms with Gasteiger partial charge in [-0.1, -0.05) is 12.1 Å². The Hall–Kier alpha value is -1.64. The summed E-state index contributed by atoms with van der Waals surface area (Å²) >= 11 is 0. The first-order valence-electron chi connectivity index (χ1n) is 3.57. The van der Waals surface area contributed by atoms with Gasteiger partial charge in [0.25, 0.3) is 0 Å². The van der Waals surface area contributed by atoms with E-state index in [1.165, 1.54) is 12.3 Å². The molecule has 1 heterocycles. The molecule has 0 spiro atoms. The molecule has 2 rings (SSSR count). The molecule has 0 aliphatic carbocycles. The van der Waals surface area contributed by atoms with Crippen LogP contribution in [0.1, 0.15) is 0 Å². The molecule has 0 aliphatic rings. The van der Waals surface area contributed by atoms with E-state index in [1.54, 1.807) is 18.2 Å². The number of pyridine rings is 1. The van der Waals surface area contributed by atoms with Gasteiger partial charge >= 0.3 is 0 Å². The first-order valence-corrected chi connectivity index (χ1v) is 3.57. The summed E-state index contributed by atoms with van der Waals surface area (Å²) in [5.41, 5.74) is 5.44. The normalized spacial score (nSPS) is 10.4. The lowest BCUT2D eigenvalue weighted by molar-refractivity contribution is 0.639. The molecular formula is C9H7FN2. The summed E-state index contributed by atoms with van der Waals surface area (Å²) in [5.74, 6) is 0.146. The number of benzene rings is 1. The summed E-state index contributed by atoms with van der Waals surface area (Å²) in [7, 11) is 0. The number of nitrogen functional groups attached to an aromatic ring is 1. The van der Waals surface area contributed by atoms with Crippen molar-refractivity contribution in [2.75, 3.05) is 5.73 Å². The average molecular weight is 162 g/mol.